The molecule has 0 N–H and O–H groups in total. The van der Waals surface area contributed by atoms with Crippen molar-refractivity contribution in [2.45, 2.75) is 105 Å². The Morgan fingerprint density at radius 2 is 1.05 bits per heavy atom. The summed E-state index contributed by atoms with van der Waals surface area (Å²) in [5, 5.41) is 0. The Hall–Kier alpha value is -3.87. The molecule has 0 aliphatic heterocycles. The van der Waals surface area contributed by atoms with Crippen LogP contribution in [0.25, 0.3) is 33.4 Å². The third-order valence-corrected chi connectivity index (χ3v) is 12.6. The van der Waals surface area contributed by atoms with E-state index < -0.39 is 0 Å². The zero-order valence-corrected chi connectivity index (χ0v) is 41.3. The molecule has 0 aromatic heterocycles. The molecule has 0 nitrogen and oxygen atoms in total. The molecule has 0 fully saturated rings. The van der Waals surface area contributed by atoms with Crippen molar-refractivity contribution in [1.82, 2.24) is 0 Å². The van der Waals surface area contributed by atoms with Gasteiger partial charge in [-0.15, -0.1) is 60.1 Å². The number of halogens is 2. The predicted octanol–water partition coefficient (Wildman–Crippen LogP) is 16.2. The fourth-order valence-corrected chi connectivity index (χ4v) is 8.50. The van der Waals surface area contributed by atoms with E-state index in [1.54, 1.807) is 0 Å². The van der Waals surface area contributed by atoms with Crippen molar-refractivity contribution >= 4 is 28.0 Å². The summed E-state index contributed by atoms with van der Waals surface area (Å²) in [6.07, 6.45) is 10.9. The normalized spacial score (nSPS) is 12.4. The molecular weight excluding hydrogens is 847 g/mol. The smallest absolute Gasteiger partial charge is 0.109 e. The zero-order valence-electron chi connectivity index (χ0n) is 37.2. The Bertz CT molecular complexity index is 2220. The topological polar surface area (TPSA) is 0 Å². The first-order valence-electron chi connectivity index (χ1n) is 21.0. The Balaban J connectivity index is 0.000000250. The summed E-state index contributed by atoms with van der Waals surface area (Å²) in [6.45, 7) is 22.8. The van der Waals surface area contributed by atoms with Gasteiger partial charge in [-0.25, -0.2) is 12.2 Å². The largest absolute Gasteiger partial charge is 0.273 e. The van der Waals surface area contributed by atoms with Crippen LogP contribution in [0.4, 0.5) is 0 Å². The molecule has 0 atom stereocenters. The molecule has 60 heavy (non-hydrogen) atoms. The monoisotopic (exact) mass is 906 g/mol. The van der Waals surface area contributed by atoms with E-state index in [0.29, 0.717) is 11.8 Å². The standard InChI is InChI=1S/C33H33.C19H22.C5H5.2ClH.Zr/c1-32(2,3)30-20-26-24(18-28(30)22-13-9-7-10-14-22)17-25-19-29(23-15-11-8-12-16-23)31(21-27(25)26)33(4,5)6;1-14(2)18-9-5-16(6-10-18)13-17-7-11-19(12-8-17)15(3)4;1-2-4-5-3-1;;;/h7-16,18,20-21H,17H2,1-6H3;5-12,14-15H,1-4H3;1-3H,4H2;2*1H;/q-1;;-1;;;+2. The third-order valence-electron chi connectivity index (χ3n) is 11.1. The molecule has 0 heterocycles. The van der Waals surface area contributed by atoms with E-state index in [1.807, 2.05) is 12.2 Å². The summed E-state index contributed by atoms with van der Waals surface area (Å²) in [7, 11) is 0. The van der Waals surface area contributed by atoms with Gasteiger partial charge >= 0.3 is 138 Å². The Kier molecular flexibility index (Phi) is 17.3. The quantitative estimate of drug-likeness (QED) is 0.146. The van der Waals surface area contributed by atoms with Crippen molar-refractivity contribution in [3.8, 4) is 33.4 Å². The second kappa shape index (κ2) is 21.3. The molecule has 3 heteroatoms. The van der Waals surface area contributed by atoms with Crippen LogP contribution in [0.3, 0.4) is 0 Å². The van der Waals surface area contributed by atoms with Crippen molar-refractivity contribution < 1.29 is 24.2 Å². The van der Waals surface area contributed by atoms with E-state index >= 15 is 0 Å². The molecule has 2 aliphatic rings. The number of rotatable bonds is 6. The van der Waals surface area contributed by atoms with E-state index in [2.05, 4.69) is 215 Å². The number of fused-ring (bicyclic) bond motifs is 3. The molecule has 0 amide bonds. The second-order valence-electron chi connectivity index (χ2n) is 18.3. The summed E-state index contributed by atoms with van der Waals surface area (Å²) in [5.74, 6) is 1.20. The Morgan fingerprint density at radius 3 is 1.47 bits per heavy atom. The SMILES string of the molecule is CC(C)(C)c1cc2c([c-]c1-c1ccccc1)Cc1cc(-c3ccccc3)c(C(C)(C)C)cc1-2.CC(C)c1ccc([C](=[Zr+2])c2ccc(C(C)C)cc2)cc1.Cl.Cl.[C-]1=CC=CC1. The van der Waals surface area contributed by atoms with Crippen LogP contribution in [-0.4, -0.2) is 3.21 Å². The molecular formula is C57H62Cl2Zr. The van der Waals surface area contributed by atoms with E-state index in [0.717, 1.165) is 12.8 Å². The number of benzene rings is 6. The van der Waals surface area contributed by atoms with Crippen LogP contribution in [-0.2, 0) is 41.5 Å². The summed E-state index contributed by atoms with van der Waals surface area (Å²) in [6, 6.07) is 50.9. The molecule has 6 aromatic carbocycles. The molecule has 6 aromatic rings. The maximum Gasteiger partial charge on any atom is -0.109 e. The predicted molar refractivity (Wildman–Crippen MR) is 262 cm³/mol. The fraction of sp³-hybridized carbons (Fsp3) is 0.281. The number of allylic oxidation sites excluding steroid dienone is 4. The maximum atomic E-state index is 3.88. The van der Waals surface area contributed by atoms with Gasteiger partial charge < -0.3 is 0 Å². The van der Waals surface area contributed by atoms with Gasteiger partial charge in [0.2, 0.25) is 0 Å². The second-order valence-corrected chi connectivity index (χ2v) is 19.6. The minimum Gasteiger partial charge on any atom is -0.273 e. The summed E-state index contributed by atoms with van der Waals surface area (Å²) < 4.78 is 1.43. The zero-order chi connectivity index (χ0) is 41.6. The first-order chi connectivity index (χ1) is 27.6. The van der Waals surface area contributed by atoms with E-state index in [-0.39, 0.29) is 35.6 Å². The van der Waals surface area contributed by atoms with Crippen molar-refractivity contribution in [2.75, 3.05) is 0 Å². The summed E-state index contributed by atoms with van der Waals surface area (Å²) in [4.78, 5) is 0. The van der Waals surface area contributed by atoms with E-state index in [9.17, 15) is 0 Å². The molecule has 308 valence electrons. The average Bonchev–Trinajstić information content (AvgIpc) is 3.92. The van der Waals surface area contributed by atoms with Crippen LogP contribution < -0.4 is 0 Å². The van der Waals surface area contributed by atoms with Gasteiger partial charge in [0, 0.05) is 0 Å². The van der Waals surface area contributed by atoms with Crippen LogP contribution >= 0.6 is 24.8 Å². The molecule has 0 bridgehead atoms. The van der Waals surface area contributed by atoms with Crippen LogP contribution in [0.15, 0.2) is 146 Å². The third kappa shape index (κ3) is 11.9. The van der Waals surface area contributed by atoms with Gasteiger partial charge in [-0.05, 0) is 39.5 Å². The number of hydrogen-bond acceptors (Lipinski definition) is 0. The van der Waals surface area contributed by atoms with E-state index in [1.165, 1.54) is 105 Å². The minimum absolute atomic E-state index is 0. The fourth-order valence-electron chi connectivity index (χ4n) is 7.68. The average molecular weight is 909 g/mol. The van der Waals surface area contributed by atoms with Gasteiger partial charge in [-0.3, -0.25) is 6.08 Å². The molecule has 0 spiro atoms. The van der Waals surface area contributed by atoms with Gasteiger partial charge in [0.15, 0.2) is 0 Å². The van der Waals surface area contributed by atoms with Gasteiger partial charge in [0.1, 0.15) is 0 Å². The van der Waals surface area contributed by atoms with E-state index in [4.69, 9.17) is 0 Å². The molecule has 8 rings (SSSR count). The van der Waals surface area contributed by atoms with Gasteiger partial charge in [0.25, 0.3) is 0 Å². The maximum absolute atomic E-state index is 3.88. The molecule has 0 radical (unpaired) electrons. The van der Waals surface area contributed by atoms with Crippen LogP contribution in [0.2, 0.25) is 0 Å². The van der Waals surface area contributed by atoms with Crippen molar-refractivity contribution in [2.24, 2.45) is 0 Å². The molecule has 2 aliphatic carbocycles. The van der Waals surface area contributed by atoms with Gasteiger partial charge in [-0.2, -0.15) is 6.08 Å². The Morgan fingerprint density at radius 1 is 0.567 bits per heavy atom. The first-order valence-corrected chi connectivity index (χ1v) is 22.2. The Labute approximate surface area is 389 Å². The van der Waals surface area contributed by atoms with Crippen LogP contribution in [0.5, 0.6) is 0 Å². The minimum atomic E-state index is 0. The van der Waals surface area contributed by atoms with Crippen molar-refractivity contribution in [3.05, 3.63) is 202 Å². The van der Waals surface area contributed by atoms with Crippen molar-refractivity contribution in [1.29, 1.82) is 0 Å². The van der Waals surface area contributed by atoms with Crippen LogP contribution in [0, 0.1) is 12.1 Å². The number of hydrogen-bond donors (Lipinski definition) is 0. The molecule has 0 saturated heterocycles. The summed E-state index contributed by atoms with van der Waals surface area (Å²) in [5.41, 5.74) is 19.0. The molecule has 0 saturated carbocycles. The van der Waals surface area contributed by atoms with Gasteiger partial charge in [0.05, 0.1) is 0 Å². The van der Waals surface area contributed by atoms with Gasteiger partial charge in [-0.1, -0.05) is 131 Å². The first kappa shape index (κ1) is 48.8. The van der Waals surface area contributed by atoms with Crippen molar-refractivity contribution in [3.63, 3.8) is 0 Å². The molecule has 0 unspecified atom stereocenters. The summed E-state index contributed by atoms with van der Waals surface area (Å²) >= 11 is 1.47. The van der Waals surface area contributed by atoms with Crippen LogP contribution in [0.1, 0.15) is 132 Å².